The van der Waals surface area contributed by atoms with E-state index in [1.165, 1.54) is 0 Å². The van der Waals surface area contributed by atoms with Crippen LogP contribution in [-0.2, 0) is 11.2 Å². The predicted molar refractivity (Wildman–Crippen MR) is 84.7 cm³/mol. The van der Waals surface area contributed by atoms with Gasteiger partial charge in [0.1, 0.15) is 17.4 Å². The third-order valence-corrected chi connectivity index (χ3v) is 3.85. The predicted octanol–water partition coefficient (Wildman–Crippen LogP) is 2.56. The first-order valence-corrected chi connectivity index (χ1v) is 7.68. The fraction of sp³-hybridized carbons (Fsp3) is 0.533. The second-order valence-electron chi connectivity index (χ2n) is 5.16. The molecular formula is C15H21ClN4O. The quantitative estimate of drug-likeness (QED) is 0.798. The van der Waals surface area contributed by atoms with Crippen molar-refractivity contribution < 1.29 is 4.79 Å². The van der Waals surface area contributed by atoms with E-state index in [1.807, 2.05) is 37.5 Å². The summed E-state index contributed by atoms with van der Waals surface area (Å²) in [4.78, 5) is 23.3. The Balaban J connectivity index is 2.56. The topological polar surface area (TPSA) is 51.0 Å². The van der Waals surface area contributed by atoms with Crippen LogP contribution in [-0.4, -0.2) is 44.8 Å². The van der Waals surface area contributed by atoms with Gasteiger partial charge in [-0.15, -0.1) is 11.6 Å². The van der Waals surface area contributed by atoms with Crippen LogP contribution in [0.4, 0.5) is 0 Å². The minimum absolute atomic E-state index is 0.0518. The lowest BCUT2D eigenvalue weighted by Crippen LogP contribution is -2.33. The molecule has 2 aromatic rings. The van der Waals surface area contributed by atoms with Crippen LogP contribution < -0.4 is 0 Å². The molecule has 0 spiro atoms. The van der Waals surface area contributed by atoms with Gasteiger partial charge >= 0.3 is 0 Å². The van der Waals surface area contributed by atoms with Crippen molar-refractivity contribution in [1.82, 2.24) is 19.4 Å². The summed E-state index contributed by atoms with van der Waals surface area (Å²) in [6, 6.07) is 3.52. The number of pyridine rings is 1. The van der Waals surface area contributed by atoms with Crippen molar-refractivity contribution in [3.63, 3.8) is 0 Å². The summed E-state index contributed by atoms with van der Waals surface area (Å²) in [5, 5.41) is 0. The van der Waals surface area contributed by atoms with Crippen molar-refractivity contribution in [2.24, 2.45) is 0 Å². The Labute approximate surface area is 129 Å². The van der Waals surface area contributed by atoms with Crippen molar-refractivity contribution in [2.75, 3.05) is 19.5 Å². The summed E-state index contributed by atoms with van der Waals surface area (Å²) >= 11 is 5.87. The number of alkyl halides is 1. The summed E-state index contributed by atoms with van der Waals surface area (Å²) in [5.74, 6) is 1.33. The highest BCUT2D eigenvalue weighted by molar-refractivity contribution is 6.17. The van der Waals surface area contributed by atoms with Crippen molar-refractivity contribution >= 4 is 28.7 Å². The number of aryl methyl sites for hydroxylation is 2. The number of fused-ring (bicyclic) bond motifs is 1. The molecule has 2 aromatic heterocycles. The third-order valence-electron chi connectivity index (χ3n) is 3.66. The molecule has 21 heavy (non-hydrogen) atoms. The number of rotatable bonds is 5. The van der Waals surface area contributed by atoms with Gasteiger partial charge in [0.2, 0.25) is 5.91 Å². The molecule has 0 N–H and O–H groups in total. The van der Waals surface area contributed by atoms with Gasteiger partial charge in [-0.25, -0.2) is 9.97 Å². The smallest absolute Gasteiger partial charge is 0.245 e. The SMILES string of the molecule is CCN(C)C(=O)C(C)n1c(CCCl)nc2ccc(C)nc21. The fourth-order valence-electron chi connectivity index (χ4n) is 2.37. The number of carbonyl (C=O) groups excluding carboxylic acids is 1. The van der Waals surface area contributed by atoms with E-state index in [4.69, 9.17) is 11.6 Å². The Hall–Kier alpha value is -1.62. The number of likely N-dealkylation sites (N-methyl/N-ethyl adjacent to an activating group) is 1. The Morgan fingerprint density at radius 3 is 2.76 bits per heavy atom. The number of nitrogens with zero attached hydrogens (tertiary/aromatic N) is 4. The maximum absolute atomic E-state index is 12.5. The maximum Gasteiger partial charge on any atom is 0.245 e. The van der Waals surface area contributed by atoms with Crippen molar-refractivity contribution in [2.45, 2.75) is 33.2 Å². The molecule has 2 rings (SSSR count). The molecule has 0 aromatic carbocycles. The zero-order chi connectivity index (χ0) is 15.6. The van der Waals surface area contributed by atoms with Gasteiger partial charge in [-0.3, -0.25) is 4.79 Å². The van der Waals surface area contributed by atoms with Gasteiger partial charge in [-0.2, -0.15) is 0 Å². The molecule has 5 nitrogen and oxygen atoms in total. The van der Waals surface area contributed by atoms with Gasteiger partial charge in [0, 0.05) is 31.6 Å². The van der Waals surface area contributed by atoms with Gasteiger partial charge in [-0.05, 0) is 32.9 Å². The van der Waals surface area contributed by atoms with Crippen molar-refractivity contribution in [1.29, 1.82) is 0 Å². The third kappa shape index (κ3) is 3.02. The van der Waals surface area contributed by atoms with E-state index in [9.17, 15) is 4.79 Å². The van der Waals surface area contributed by atoms with E-state index in [1.54, 1.807) is 11.9 Å². The number of aromatic nitrogens is 3. The molecule has 1 atom stereocenters. The first-order chi connectivity index (χ1) is 9.99. The average Bonchev–Trinajstić information content (AvgIpc) is 2.82. The molecule has 0 aliphatic carbocycles. The number of carbonyl (C=O) groups is 1. The van der Waals surface area contributed by atoms with Gasteiger partial charge in [0.05, 0.1) is 0 Å². The van der Waals surface area contributed by atoms with E-state index in [0.29, 0.717) is 18.8 Å². The second-order valence-corrected chi connectivity index (χ2v) is 5.54. The van der Waals surface area contributed by atoms with Gasteiger partial charge < -0.3 is 9.47 Å². The molecule has 1 amide bonds. The lowest BCUT2D eigenvalue weighted by Gasteiger charge is -2.22. The van der Waals surface area contributed by atoms with E-state index in [2.05, 4.69) is 9.97 Å². The molecule has 0 fully saturated rings. The van der Waals surface area contributed by atoms with Crippen LogP contribution in [0.2, 0.25) is 0 Å². The highest BCUT2D eigenvalue weighted by Crippen LogP contribution is 2.22. The summed E-state index contributed by atoms with van der Waals surface area (Å²) in [7, 11) is 1.80. The Kier molecular flexibility index (Phi) is 4.83. The highest BCUT2D eigenvalue weighted by Gasteiger charge is 2.24. The first-order valence-electron chi connectivity index (χ1n) is 7.15. The lowest BCUT2D eigenvalue weighted by molar-refractivity contribution is -0.132. The van der Waals surface area contributed by atoms with Crippen LogP contribution in [0, 0.1) is 6.92 Å². The molecule has 1 unspecified atom stereocenters. The van der Waals surface area contributed by atoms with E-state index in [0.717, 1.165) is 22.7 Å². The molecule has 0 radical (unpaired) electrons. The lowest BCUT2D eigenvalue weighted by atomic mass is 10.2. The summed E-state index contributed by atoms with van der Waals surface area (Å²) in [6.07, 6.45) is 0.615. The molecule has 114 valence electrons. The Morgan fingerprint density at radius 2 is 2.14 bits per heavy atom. The zero-order valence-corrected chi connectivity index (χ0v) is 13.7. The summed E-state index contributed by atoms with van der Waals surface area (Å²) in [5.41, 5.74) is 2.46. The highest BCUT2D eigenvalue weighted by atomic mass is 35.5. The number of imidazole rings is 1. The van der Waals surface area contributed by atoms with Gasteiger partial charge in [0.15, 0.2) is 5.65 Å². The van der Waals surface area contributed by atoms with Crippen LogP contribution in [0.25, 0.3) is 11.2 Å². The number of amides is 1. The van der Waals surface area contributed by atoms with Crippen LogP contribution in [0.15, 0.2) is 12.1 Å². The Bertz CT molecular complexity index is 652. The molecule has 6 heteroatoms. The molecule has 0 saturated heterocycles. The van der Waals surface area contributed by atoms with Crippen LogP contribution in [0.5, 0.6) is 0 Å². The molecule has 0 bridgehead atoms. The van der Waals surface area contributed by atoms with Crippen molar-refractivity contribution in [3.8, 4) is 0 Å². The van der Waals surface area contributed by atoms with Crippen LogP contribution >= 0.6 is 11.6 Å². The first kappa shape index (κ1) is 15.8. The van der Waals surface area contributed by atoms with Crippen LogP contribution in [0.1, 0.15) is 31.4 Å². The average molecular weight is 309 g/mol. The van der Waals surface area contributed by atoms with E-state index < -0.39 is 0 Å². The van der Waals surface area contributed by atoms with E-state index >= 15 is 0 Å². The van der Waals surface area contributed by atoms with Gasteiger partial charge in [0.25, 0.3) is 0 Å². The number of hydrogen-bond acceptors (Lipinski definition) is 3. The molecule has 0 aliphatic heterocycles. The normalized spacial score (nSPS) is 12.6. The minimum atomic E-state index is -0.340. The maximum atomic E-state index is 12.5. The molecular weight excluding hydrogens is 288 g/mol. The van der Waals surface area contributed by atoms with Crippen LogP contribution in [0.3, 0.4) is 0 Å². The van der Waals surface area contributed by atoms with E-state index in [-0.39, 0.29) is 11.9 Å². The fourth-order valence-corrected chi connectivity index (χ4v) is 2.54. The standard InChI is InChI=1S/C15H21ClN4O/c1-5-19(4)15(21)11(3)20-13(8-9-16)18-12-7-6-10(2)17-14(12)20/h6-7,11H,5,8-9H2,1-4H3. The summed E-state index contributed by atoms with van der Waals surface area (Å²) in [6.45, 7) is 6.45. The van der Waals surface area contributed by atoms with Gasteiger partial charge in [-0.1, -0.05) is 0 Å². The van der Waals surface area contributed by atoms with Crippen molar-refractivity contribution in [3.05, 3.63) is 23.7 Å². The zero-order valence-electron chi connectivity index (χ0n) is 12.9. The minimum Gasteiger partial charge on any atom is -0.344 e. The Morgan fingerprint density at radius 1 is 1.43 bits per heavy atom. The largest absolute Gasteiger partial charge is 0.344 e. The molecule has 0 aliphatic rings. The molecule has 0 saturated carbocycles. The second kappa shape index (κ2) is 6.43. The number of hydrogen-bond donors (Lipinski definition) is 0. The molecule has 2 heterocycles. The summed E-state index contributed by atoms with van der Waals surface area (Å²) < 4.78 is 1.92. The number of halogens is 1. The monoisotopic (exact) mass is 308 g/mol.